The highest BCUT2D eigenvalue weighted by molar-refractivity contribution is 5.80. The van der Waals surface area contributed by atoms with Crippen molar-refractivity contribution in [1.29, 1.82) is 0 Å². The van der Waals surface area contributed by atoms with Crippen molar-refractivity contribution in [3.63, 3.8) is 0 Å². The number of aliphatic hydroxyl groups excluding tert-OH is 1. The van der Waals surface area contributed by atoms with Gasteiger partial charge in [0.1, 0.15) is 5.78 Å². The number of rotatable bonds is 1. The fourth-order valence-electron chi connectivity index (χ4n) is 8.37. The molecule has 0 amide bonds. The molecule has 0 aromatic carbocycles. The van der Waals surface area contributed by atoms with Crippen LogP contribution in [0.15, 0.2) is 11.6 Å². The van der Waals surface area contributed by atoms with E-state index < -0.39 is 0 Å². The Labute approximate surface area is 153 Å². The molecule has 140 valence electrons. The number of ketones is 1. The highest BCUT2D eigenvalue weighted by Crippen LogP contribution is 2.68. The first-order valence-corrected chi connectivity index (χ1v) is 10.6. The summed E-state index contributed by atoms with van der Waals surface area (Å²) < 4.78 is 0. The molecule has 25 heavy (non-hydrogen) atoms. The molecule has 0 aromatic rings. The fourth-order valence-corrected chi connectivity index (χ4v) is 8.37. The predicted molar refractivity (Wildman–Crippen MR) is 101 cm³/mol. The van der Waals surface area contributed by atoms with Crippen LogP contribution < -0.4 is 0 Å². The summed E-state index contributed by atoms with van der Waals surface area (Å²) in [6.45, 7) is 11.5. The highest BCUT2D eigenvalue weighted by atomic mass is 16.3. The Morgan fingerprint density at radius 3 is 2.52 bits per heavy atom. The third-order valence-electron chi connectivity index (χ3n) is 9.18. The van der Waals surface area contributed by atoms with Gasteiger partial charge in [0.05, 0.1) is 6.10 Å². The van der Waals surface area contributed by atoms with Crippen molar-refractivity contribution in [2.75, 3.05) is 0 Å². The van der Waals surface area contributed by atoms with Crippen LogP contribution in [0.5, 0.6) is 0 Å². The summed E-state index contributed by atoms with van der Waals surface area (Å²) in [6.07, 6.45) is 9.02. The molecule has 0 unspecified atom stereocenters. The maximum Gasteiger partial charge on any atom is 0.133 e. The van der Waals surface area contributed by atoms with Crippen LogP contribution in [0.2, 0.25) is 0 Å². The van der Waals surface area contributed by atoms with Crippen LogP contribution >= 0.6 is 0 Å². The number of allylic oxidation sites excluding steroid dienone is 1. The zero-order chi connectivity index (χ0) is 18.1. The number of hydrogen-bond donors (Lipinski definition) is 1. The summed E-state index contributed by atoms with van der Waals surface area (Å²) >= 11 is 0. The van der Waals surface area contributed by atoms with Crippen LogP contribution in [0.1, 0.15) is 73.1 Å². The van der Waals surface area contributed by atoms with E-state index in [-0.39, 0.29) is 22.9 Å². The molecule has 3 fully saturated rings. The minimum Gasteiger partial charge on any atom is -0.389 e. The molecule has 0 saturated heterocycles. The van der Waals surface area contributed by atoms with Gasteiger partial charge in [0, 0.05) is 5.92 Å². The highest BCUT2D eigenvalue weighted by Gasteiger charge is 2.62. The quantitative estimate of drug-likeness (QED) is 0.679. The molecule has 0 radical (unpaired) electrons. The van der Waals surface area contributed by atoms with Gasteiger partial charge < -0.3 is 5.11 Å². The van der Waals surface area contributed by atoms with Crippen molar-refractivity contribution < 1.29 is 9.90 Å². The van der Waals surface area contributed by atoms with E-state index in [0.29, 0.717) is 23.5 Å². The Bertz CT molecular complexity index is 607. The van der Waals surface area contributed by atoms with Crippen LogP contribution in [0.4, 0.5) is 0 Å². The lowest BCUT2D eigenvalue weighted by molar-refractivity contribution is -0.129. The summed E-state index contributed by atoms with van der Waals surface area (Å²) in [5.74, 6) is 4.04. The molecule has 0 aromatic heterocycles. The Hall–Kier alpha value is -0.630. The van der Waals surface area contributed by atoms with Crippen molar-refractivity contribution in [2.45, 2.75) is 79.2 Å². The number of carbonyl (C=O) groups excluding carboxylic acids is 1. The average Bonchev–Trinajstić information content (AvgIpc) is 2.80. The Morgan fingerprint density at radius 2 is 1.84 bits per heavy atom. The third-order valence-corrected chi connectivity index (χ3v) is 9.18. The first-order chi connectivity index (χ1) is 11.7. The molecule has 2 nitrogen and oxygen atoms in total. The minimum atomic E-state index is -0.232. The van der Waals surface area contributed by atoms with Crippen molar-refractivity contribution in [2.24, 2.45) is 46.3 Å². The molecule has 0 bridgehead atoms. The molecule has 0 spiro atoms. The molecule has 4 aliphatic rings. The maximum absolute atomic E-state index is 12.4. The lowest BCUT2D eigenvalue weighted by Gasteiger charge is -2.60. The van der Waals surface area contributed by atoms with Gasteiger partial charge in [0.25, 0.3) is 0 Å². The van der Waals surface area contributed by atoms with Gasteiger partial charge in [-0.3, -0.25) is 4.79 Å². The smallest absolute Gasteiger partial charge is 0.133 e. The lowest BCUT2D eigenvalue weighted by Crippen LogP contribution is -2.53. The molecule has 9 atom stereocenters. The second kappa shape index (κ2) is 5.68. The number of hydrogen-bond acceptors (Lipinski definition) is 2. The summed E-state index contributed by atoms with van der Waals surface area (Å²) in [6, 6.07) is 0. The molecule has 1 N–H and O–H groups in total. The van der Waals surface area contributed by atoms with Gasteiger partial charge in [-0.1, -0.05) is 39.3 Å². The van der Waals surface area contributed by atoms with Crippen LogP contribution in [0.25, 0.3) is 0 Å². The van der Waals surface area contributed by atoms with Crippen molar-refractivity contribution in [3.05, 3.63) is 11.6 Å². The fraction of sp³-hybridized carbons (Fsp3) is 0.870. The standard InChI is InChI=1S/C23H36O2/c1-13-10-17-18(22(4)8-6-16(25)12-19(13)22)7-9-23(5)20(17)11-14(2)21(23)15(3)24/h12-14,16-18,20-21,25H,6-11H2,1-5H3/t13-,14-,16-,17-,18-,20+,21-,22-,23+/m0/s1. The second-order valence-corrected chi connectivity index (χ2v) is 10.5. The van der Waals surface area contributed by atoms with Crippen molar-refractivity contribution >= 4 is 5.78 Å². The van der Waals surface area contributed by atoms with Gasteiger partial charge in [-0.15, -0.1) is 0 Å². The first kappa shape index (κ1) is 17.8. The topological polar surface area (TPSA) is 37.3 Å². The van der Waals surface area contributed by atoms with Gasteiger partial charge in [-0.2, -0.15) is 0 Å². The predicted octanol–water partition coefficient (Wildman–Crippen LogP) is 5.01. The monoisotopic (exact) mass is 344 g/mol. The largest absolute Gasteiger partial charge is 0.389 e. The summed E-state index contributed by atoms with van der Waals surface area (Å²) in [7, 11) is 0. The lowest BCUT2D eigenvalue weighted by atomic mass is 9.45. The summed E-state index contributed by atoms with van der Waals surface area (Å²) in [4.78, 5) is 12.4. The van der Waals surface area contributed by atoms with Crippen LogP contribution in [-0.4, -0.2) is 17.0 Å². The molecular weight excluding hydrogens is 308 g/mol. The van der Waals surface area contributed by atoms with Gasteiger partial charge >= 0.3 is 0 Å². The number of carbonyl (C=O) groups is 1. The van der Waals surface area contributed by atoms with Crippen LogP contribution in [0, 0.1) is 46.3 Å². The Balaban J connectivity index is 1.72. The average molecular weight is 345 g/mol. The summed E-state index contributed by atoms with van der Waals surface area (Å²) in [5.41, 5.74) is 2.04. The van der Waals surface area contributed by atoms with E-state index in [2.05, 4.69) is 33.8 Å². The molecule has 0 aliphatic heterocycles. The number of Topliss-reactive ketones (excluding diaryl/α,β-unsaturated/α-hetero) is 1. The maximum atomic E-state index is 12.4. The second-order valence-electron chi connectivity index (χ2n) is 10.5. The minimum absolute atomic E-state index is 0.220. The first-order valence-electron chi connectivity index (χ1n) is 10.6. The van der Waals surface area contributed by atoms with E-state index in [1.54, 1.807) is 5.57 Å². The van der Waals surface area contributed by atoms with Gasteiger partial charge in [0.2, 0.25) is 0 Å². The molecule has 4 aliphatic carbocycles. The zero-order valence-electron chi connectivity index (χ0n) is 16.7. The van der Waals surface area contributed by atoms with E-state index in [9.17, 15) is 9.90 Å². The summed E-state index contributed by atoms with van der Waals surface area (Å²) in [5, 5.41) is 10.2. The molecule has 3 saturated carbocycles. The van der Waals surface area contributed by atoms with Crippen molar-refractivity contribution in [3.8, 4) is 0 Å². The zero-order valence-corrected chi connectivity index (χ0v) is 16.7. The van der Waals surface area contributed by atoms with Gasteiger partial charge in [-0.05, 0) is 85.9 Å². The van der Waals surface area contributed by atoms with Gasteiger partial charge in [-0.25, -0.2) is 0 Å². The van der Waals surface area contributed by atoms with Crippen molar-refractivity contribution in [1.82, 2.24) is 0 Å². The van der Waals surface area contributed by atoms with E-state index in [1.165, 1.54) is 25.7 Å². The Morgan fingerprint density at radius 1 is 1.12 bits per heavy atom. The van der Waals surface area contributed by atoms with E-state index >= 15 is 0 Å². The SMILES string of the molecule is CC(=O)[C@@H]1[C@@H](C)C[C@@H]2[C@H]3C[C@H](C)C4=C[C@@H](O)CC[C@@]4(C)[C@H]3CC[C@]21C. The molecule has 4 rings (SSSR count). The number of fused-ring (bicyclic) bond motifs is 5. The molecular formula is C23H36O2. The van der Waals surface area contributed by atoms with Gasteiger partial charge in [0.15, 0.2) is 0 Å². The third kappa shape index (κ3) is 2.35. The Kier molecular flexibility index (Phi) is 4.04. The van der Waals surface area contributed by atoms with Crippen LogP contribution in [-0.2, 0) is 4.79 Å². The molecule has 0 heterocycles. The van der Waals surface area contributed by atoms with E-state index in [1.807, 2.05) is 6.92 Å². The van der Waals surface area contributed by atoms with Crippen LogP contribution in [0.3, 0.4) is 0 Å². The van der Waals surface area contributed by atoms with E-state index in [0.717, 1.165) is 24.7 Å². The molecule has 2 heteroatoms. The number of aliphatic hydroxyl groups is 1. The van der Waals surface area contributed by atoms with E-state index in [4.69, 9.17) is 0 Å². The normalized spacial score (nSPS) is 55.0.